The zero-order valence-corrected chi connectivity index (χ0v) is 13.9. The molecule has 0 heterocycles. The van der Waals surface area contributed by atoms with Crippen LogP contribution in [0.15, 0.2) is 29.2 Å². The maximum atomic E-state index is 12.1. The summed E-state index contributed by atoms with van der Waals surface area (Å²) in [7, 11) is 0. The standard InChI is InChI=1S/C16H26N2OS/c1-6-16(4,5)18-15(19)12(3)20-14-9-7-13(8-10-14)11(2)17/h7-12H,6,17H2,1-5H3,(H,18,19). The summed E-state index contributed by atoms with van der Waals surface area (Å²) in [5.74, 6) is 0.0816. The minimum atomic E-state index is -0.148. The molecule has 1 aromatic rings. The van der Waals surface area contributed by atoms with E-state index in [1.54, 1.807) is 11.8 Å². The van der Waals surface area contributed by atoms with Gasteiger partial charge in [-0.15, -0.1) is 11.8 Å². The van der Waals surface area contributed by atoms with E-state index in [1.165, 1.54) is 0 Å². The van der Waals surface area contributed by atoms with Crippen LogP contribution in [0, 0.1) is 0 Å². The van der Waals surface area contributed by atoms with Gasteiger partial charge in [0.25, 0.3) is 0 Å². The number of carbonyl (C=O) groups is 1. The summed E-state index contributed by atoms with van der Waals surface area (Å²) in [6.45, 7) is 10.1. The number of carbonyl (C=O) groups excluding carboxylic acids is 1. The Kier molecular flexibility index (Phi) is 6.08. The van der Waals surface area contributed by atoms with Gasteiger partial charge in [-0.3, -0.25) is 4.79 Å². The van der Waals surface area contributed by atoms with E-state index in [1.807, 2.05) is 52.0 Å². The smallest absolute Gasteiger partial charge is 0.233 e. The number of thioether (sulfide) groups is 1. The average molecular weight is 294 g/mol. The van der Waals surface area contributed by atoms with Crippen LogP contribution in [0.2, 0.25) is 0 Å². The molecule has 0 bridgehead atoms. The zero-order chi connectivity index (χ0) is 15.3. The number of hydrogen-bond donors (Lipinski definition) is 2. The van der Waals surface area contributed by atoms with Crippen LogP contribution >= 0.6 is 11.8 Å². The van der Waals surface area contributed by atoms with Crippen molar-refractivity contribution in [2.24, 2.45) is 5.73 Å². The van der Waals surface area contributed by atoms with Gasteiger partial charge in [0.15, 0.2) is 0 Å². The predicted molar refractivity (Wildman–Crippen MR) is 86.9 cm³/mol. The fourth-order valence-electron chi connectivity index (χ4n) is 1.63. The minimum absolute atomic E-state index is 0.0418. The monoisotopic (exact) mass is 294 g/mol. The van der Waals surface area contributed by atoms with Gasteiger partial charge >= 0.3 is 0 Å². The molecule has 0 fully saturated rings. The summed E-state index contributed by atoms with van der Waals surface area (Å²) in [5, 5.41) is 2.97. The van der Waals surface area contributed by atoms with E-state index >= 15 is 0 Å². The van der Waals surface area contributed by atoms with Crippen LogP contribution in [-0.2, 0) is 4.79 Å². The molecule has 1 rings (SSSR count). The van der Waals surface area contributed by atoms with Crippen molar-refractivity contribution in [1.82, 2.24) is 5.32 Å². The van der Waals surface area contributed by atoms with E-state index < -0.39 is 0 Å². The summed E-state index contributed by atoms with van der Waals surface area (Å²) in [6.07, 6.45) is 0.916. The van der Waals surface area contributed by atoms with Crippen molar-refractivity contribution in [3.63, 3.8) is 0 Å². The van der Waals surface area contributed by atoms with E-state index in [2.05, 4.69) is 12.2 Å². The second-order valence-electron chi connectivity index (χ2n) is 5.84. The summed E-state index contributed by atoms with van der Waals surface area (Å²) in [5.41, 5.74) is 6.79. The summed E-state index contributed by atoms with van der Waals surface area (Å²) < 4.78 is 0. The molecule has 112 valence electrons. The highest BCUT2D eigenvalue weighted by atomic mass is 32.2. The van der Waals surface area contributed by atoms with Gasteiger partial charge in [0, 0.05) is 16.5 Å². The Balaban J connectivity index is 2.61. The highest BCUT2D eigenvalue weighted by molar-refractivity contribution is 8.00. The van der Waals surface area contributed by atoms with Crippen LogP contribution in [0.3, 0.4) is 0 Å². The molecule has 0 saturated carbocycles. The Morgan fingerprint density at radius 2 is 1.85 bits per heavy atom. The lowest BCUT2D eigenvalue weighted by atomic mass is 10.0. The third kappa shape index (κ3) is 5.17. The maximum Gasteiger partial charge on any atom is 0.233 e. The summed E-state index contributed by atoms with van der Waals surface area (Å²) >= 11 is 1.57. The molecule has 0 aliphatic carbocycles. The quantitative estimate of drug-likeness (QED) is 0.790. The molecule has 0 radical (unpaired) electrons. The van der Waals surface area contributed by atoms with Crippen molar-refractivity contribution >= 4 is 17.7 Å². The third-order valence-corrected chi connectivity index (χ3v) is 4.55. The van der Waals surface area contributed by atoms with E-state index in [-0.39, 0.29) is 22.7 Å². The molecule has 0 saturated heterocycles. The van der Waals surface area contributed by atoms with Crippen LogP contribution in [0.5, 0.6) is 0 Å². The van der Waals surface area contributed by atoms with Crippen molar-refractivity contribution in [3.05, 3.63) is 29.8 Å². The number of nitrogens with one attached hydrogen (secondary N) is 1. The number of hydrogen-bond acceptors (Lipinski definition) is 3. The van der Waals surface area contributed by atoms with Crippen molar-refractivity contribution in [2.75, 3.05) is 0 Å². The van der Waals surface area contributed by atoms with Crippen LogP contribution < -0.4 is 11.1 Å². The van der Waals surface area contributed by atoms with E-state index in [0.717, 1.165) is 16.9 Å². The molecule has 1 aromatic carbocycles. The first-order valence-electron chi connectivity index (χ1n) is 7.09. The Labute approximate surface area is 126 Å². The zero-order valence-electron chi connectivity index (χ0n) is 13.1. The molecule has 3 N–H and O–H groups in total. The molecule has 3 nitrogen and oxygen atoms in total. The van der Waals surface area contributed by atoms with Crippen molar-refractivity contribution in [1.29, 1.82) is 0 Å². The van der Waals surface area contributed by atoms with Gasteiger partial charge in [0.2, 0.25) is 5.91 Å². The predicted octanol–water partition coefficient (Wildman–Crippen LogP) is 3.49. The van der Waals surface area contributed by atoms with Crippen LogP contribution in [0.25, 0.3) is 0 Å². The Morgan fingerprint density at radius 1 is 1.30 bits per heavy atom. The fraction of sp³-hybridized carbons (Fsp3) is 0.562. The van der Waals surface area contributed by atoms with Crippen molar-refractivity contribution < 1.29 is 4.79 Å². The van der Waals surface area contributed by atoms with Crippen molar-refractivity contribution in [3.8, 4) is 0 Å². The van der Waals surface area contributed by atoms with Crippen molar-refractivity contribution in [2.45, 2.75) is 62.8 Å². The highest BCUT2D eigenvalue weighted by Crippen LogP contribution is 2.25. The summed E-state index contributed by atoms with van der Waals surface area (Å²) in [4.78, 5) is 13.2. The number of rotatable bonds is 6. The first-order chi connectivity index (χ1) is 9.25. The van der Waals surface area contributed by atoms with Crippen LogP contribution in [-0.4, -0.2) is 16.7 Å². The molecule has 20 heavy (non-hydrogen) atoms. The first kappa shape index (κ1) is 17.1. The largest absolute Gasteiger partial charge is 0.350 e. The van der Waals surface area contributed by atoms with Crippen LogP contribution in [0.4, 0.5) is 0 Å². The molecule has 0 spiro atoms. The first-order valence-corrected chi connectivity index (χ1v) is 7.97. The summed E-state index contributed by atoms with van der Waals surface area (Å²) in [6, 6.07) is 8.14. The van der Waals surface area contributed by atoms with E-state index in [0.29, 0.717) is 0 Å². The Morgan fingerprint density at radius 3 is 2.30 bits per heavy atom. The molecule has 2 unspecified atom stereocenters. The SMILES string of the molecule is CCC(C)(C)NC(=O)C(C)Sc1ccc(C(C)N)cc1. The van der Waals surface area contributed by atoms with Gasteiger partial charge in [0.05, 0.1) is 5.25 Å². The lowest BCUT2D eigenvalue weighted by Crippen LogP contribution is -2.46. The molecular formula is C16H26N2OS. The molecule has 0 aliphatic heterocycles. The van der Waals surface area contributed by atoms with Gasteiger partial charge in [-0.25, -0.2) is 0 Å². The van der Waals surface area contributed by atoms with Gasteiger partial charge < -0.3 is 11.1 Å². The number of benzene rings is 1. The second-order valence-corrected chi connectivity index (χ2v) is 7.26. The molecule has 2 atom stereocenters. The van der Waals surface area contributed by atoms with Gasteiger partial charge in [-0.2, -0.15) is 0 Å². The van der Waals surface area contributed by atoms with Gasteiger partial charge in [-0.1, -0.05) is 19.1 Å². The molecular weight excluding hydrogens is 268 g/mol. The lowest BCUT2D eigenvalue weighted by Gasteiger charge is -2.26. The molecule has 0 aliphatic rings. The molecule has 1 amide bonds. The highest BCUT2D eigenvalue weighted by Gasteiger charge is 2.22. The number of amides is 1. The van der Waals surface area contributed by atoms with Crippen LogP contribution in [0.1, 0.15) is 52.6 Å². The van der Waals surface area contributed by atoms with Gasteiger partial charge in [-0.05, 0) is 51.8 Å². The molecule has 0 aromatic heterocycles. The average Bonchev–Trinajstić information content (AvgIpc) is 2.38. The van der Waals surface area contributed by atoms with E-state index in [9.17, 15) is 4.79 Å². The van der Waals surface area contributed by atoms with Gasteiger partial charge in [0.1, 0.15) is 0 Å². The molecule has 4 heteroatoms. The normalized spacial score (nSPS) is 14.7. The lowest BCUT2D eigenvalue weighted by molar-refractivity contribution is -0.121. The second kappa shape index (κ2) is 7.14. The number of nitrogens with two attached hydrogens (primary N) is 1. The minimum Gasteiger partial charge on any atom is -0.350 e. The van der Waals surface area contributed by atoms with E-state index in [4.69, 9.17) is 5.73 Å². The third-order valence-electron chi connectivity index (χ3n) is 3.43. The Bertz CT molecular complexity index is 440. The Hall–Kier alpha value is -1.00. The topological polar surface area (TPSA) is 55.1 Å². The maximum absolute atomic E-state index is 12.1. The fourth-order valence-corrected chi connectivity index (χ4v) is 2.50.